The van der Waals surface area contributed by atoms with Crippen LogP contribution < -0.4 is 11.1 Å². The van der Waals surface area contributed by atoms with Crippen LogP contribution in [-0.2, 0) is 4.79 Å². The van der Waals surface area contributed by atoms with Gasteiger partial charge in [-0.1, -0.05) is 26.7 Å². The summed E-state index contributed by atoms with van der Waals surface area (Å²) in [6.45, 7) is 5.00. The standard InChI is InChI=1S/C13H26N2O/c1-3-4-8-15-13(16)10(2)11-6-5-7-12(14)9-11/h10-12H,3-9,14H2,1-2H3,(H,15,16). The quantitative estimate of drug-likeness (QED) is 0.705. The van der Waals surface area contributed by atoms with E-state index in [1.807, 2.05) is 6.92 Å². The van der Waals surface area contributed by atoms with Gasteiger partial charge in [-0.15, -0.1) is 0 Å². The molecule has 3 unspecified atom stereocenters. The Morgan fingerprint density at radius 2 is 2.25 bits per heavy atom. The molecule has 0 aromatic carbocycles. The minimum atomic E-state index is 0.128. The van der Waals surface area contributed by atoms with Gasteiger partial charge in [0, 0.05) is 18.5 Å². The summed E-state index contributed by atoms with van der Waals surface area (Å²) < 4.78 is 0. The molecule has 1 aliphatic carbocycles. The van der Waals surface area contributed by atoms with Crippen LogP contribution in [0.5, 0.6) is 0 Å². The lowest BCUT2D eigenvalue weighted by atomic mass is 9.78. The molecule has 0 aliphatic heterocycles. The van der Waals surface area contributed by atoms with Crippen LogP contribution >= 0.6 is 0 Å². The molecule has 1 aliphatic rings. The van der Waals surface area contributed by atoms with Crippen LogP contribution in [-0.4, -0.2) is 18.5 Å². The van der Waals surface area contributed by atoms with Crippen LogP contribution in [0.25, 0.3) is 0 Å². The largest absolute Gasteiger partial charge is 0.356 e. The molecule has 0 aromatic heterocycles. The summed E-state index contributed by atoms with van der Waals surface area (Å²) in [4.78, 5) is 11.9. The molecule has 0 spiro atoms. The molecule has 3 N–H and O–H groups in total. The predicted molar refractivity (Wildman–Crippen MR) is 67.0 cm³/mol. The Kier molecular flexibility index (Phi) is 5.81. The van der Waals surface area contributed by atoms with Crippen LogP contribution in [0.2, 0.25) is 0 Å². The van der Waals surface area contributed by atoms with E-state index in [1.165, 1.54) is 6.42 Å². The van der Waals surface area contributed by atoms with Crippen molar-refractivity contribution in [1.82, 2.24) is 5.32 Å². The number of nitrogens with two attached hydrogens (primary N) is 1. The Bertz CT molecular complexity index is 218. The second-order valence-electron chi connectivity index (χ2n) is 5.12. The van der Waals surface area contributed by atoms with Gasteiger partial charge in [-0.05, 0) is 31.6 Å². The molecule has 0 saturated heterocycles. The van der Waals surface area contributed by atoms with Crippen molar-refractivity contribution < 1.29 is 4.79 Å². The molecular formula is C13H26N2O. The van der Waals surface area contributed by atoms with Crippen molar-refractivity contribution in [3.8, 4) is 0 Å². The molecule has 0 bridgehead atoms. The molecule has 3 atom stereocenters. The van der Waals surface area contributed by atoms with Gasteiger partial charge in [0.25, 0.3) is 0 Å². The highest BCUT2D eigenvalue weighted by atomic mass is 16.1. The number of carbonyl (C=O) groups excluding carboxylic acids is 1. The first-order valence-electron chi connectivity index (χ1n) is 6.68. The Balaban J connectivity index is 2.31. The molecule has 94 valence electrons. The molecule has 1 fully saturated rings. The summed E-state index contributed by atoms with van der Waals surface area (Å²) in [6.07, 6.45) is 6.68. The Labute approximate surface area is 99.2 Å². The van der Waals surface area contributed by atoms with Gasteiger partial charge in [-0.3, -0.25) is 4.79 Å². The van der Waals surface area contributed by atoms with E-state index in [1.54, 1.807) is 0 Å². The van der Waals surface area contributed by atoms with Crippen molar-refractivity contribution in [1.29, 1.82) is 0 Å². The molecule has 3 nitrogen and oxygen atoms in total. The normalized spacial score (nSPS) is 27.4. The third-order valence-corrected chi connectivity index (χ3v) is 3.71. The SMILES string of the molecule is CCCCNC(=O)C(C)C1CCCC(N)C1. The monoisotopic (exact) mass is 226 g/mol. The molecule has 1 rings (SSSR count). The minimum absolute atomic E-state index is 0.128. The highest BCUT2D eigenvalue weighted by Gasteiger charge is 2.28. The van der Waals surface area contributed by atoms with Crippen LogP contribution in [0.4, 0.5) is 0 Å². The highest BCUT2D eigenvalue weighted by molar-refractivity contribution is 5.78. The van der Waals surface area contributed by atoms with Crippen molar-refractivity contribution in [2.24, 2.45) is 17.6 Å². The second-order valence-corrected chi connectivity index (χ2v) is 5.12. The zero-order valence-corrected chi connectivity index (χ0v) is 10.7. The average Bonchev–Trinajstić information content (AvgIpc) is 2.28. The number of carbonyl (C=O) groups is 1. The van der Waals surface area contributed by atoms with E-state index in [4.69, 9.17) is 5.73 Å². The summed E-state index contributed by atoms with van der Waals surface area (Å²) in [5.74, 6) is 0.834. The van der Waals surface area contributed by atoms with Gasteiger partial charge >= 0.3 is 0 Å². The van der Waals surface area contributed by atoms with E-state index in [0.29, 0.717) is 12.0 Å². The van der Waals surface area contributed by atoms with Gasteiger partial charge < -0.3 is 11.1 Å². The fourth-order valence-electron chi connectivity index (χ4n) is 2.48. The Hall–Kier alpha value is -0.570. The van der Waals surface area contributed by atoms with Crippen molar-refractivity contribution in [3.05, 3.63) is 0 Å². The van der Waals surface area contributed by atoms with Crippen molar-refractivity contribution in [2.75, 3.05) is 6.54 Å². The lowest BCUT2D eigenvalue weighted by Crippen LogP contribution is -2.38. The zero-order chi connectivity index (χ0) is 12.0. The molecular weight excluding hydrogens is 200 g/mol. The molecule has 1 amide bonds. The molecule has 1 saturated carbocycles. The van der Waals surface area contributed by atoms with Gasteiger partial charge in [0.1, 0.15) is 0 Å². The van der Waals surface area contributed by atoms with Crippen LogP contribution in [0.1, 0.15) is 52.4 Å². The third kappa shape index (κ3) is 4.12. The molecule has 16 heavy (non-hydrogen) atoms. The lowest BCUT2D eigenvalue weighted by Gasteiger charge is -2.30. The third-order valence-electron chi connectivity index (χ3n) is 3.71. The number of hydrogen-bond acceptors (Lipinski definition) is 2. The maximum atomic E-state index is 11.9. The van der Waals surface area contributed by atoms with Gasteiger partial charge in [0.15, 0.2) is 0 Å². The topological polar surface area (TPSA) is 55.1 Å². The molecule has 0 aromatic rings. The smallest absolute Gasteiger partial charge is 0.223 e. The number of hydrogen-bond donors (Lipinski definition) is 2. The number of rotatable bonds is 5. The highest BCUT2D eigenvalue weighted by Crippen LogP contribution is 2.29. The van der Waals surface area contributed by atoms with Crippen molar-refractivity contribution >= 4 is 5.91 Å². The van der Waals surface area contributed by atoms with Gasteiger partial charge in [-0.25, -0.2) is 0 Å². The second kappa shape index (κ2) is 6.89. The first kappa shape index (κ1) is 13.5. The lowest BCUT2D eigenvalue weighted by molar-refractivity contribution is -0.126. The van der Waals surface area contributed by atoms with Gasteiger partial charge in [0.2, 0.25) is 5.91 Å². The van der Waals surface area contributed by atoms with E-state index < -0.39 is 0 Å². The Morgan fingerprint density at radius 1 is 1.50 bits per heavy atom. The summed E-state index contributed by atoms with van der Waals surface area (Å²) in [5.41, 5.74) is 5.95. The van der Waals surface area contributed by atoms with E-state index in [0.717, 1.165) is 38.6 Å². The minimum Gasteiger partial charge on any atom is -0.356 e. The van der Waals surface area contributed by atoms with Crippen LogP contribution in [0.3, 0.4) is 0 Å². The van der Waals surface area contributed by atoms with E-state index >= 15 is 0 Å². The van der Waals surface area contributed by atoms with Gasteiger partial charge in [-0.2, -0.15) is 0 Å². The van der Waals surface area contributed by atoms with Crippen LogP contribution in [0.15, 0.2) is 0 Å². The maximum Gasteiger partial charge on any atom is 0.223 e. The van der Waals surface area contributed by atoms with E-state index in [9.17, 15) is 4.79 Å². The van der Waals surface area contributed by atoms with E-state index in [2.05, 4.69) is 12.2 Å². The molecule has 3 heteroatoms. The molecule has 0 heterocycles. The summed E-state index contributed by atoms with van der Waals surface area (Å²) in [7, 11) is 0. The number of nitrogens with one attached hydrogen (secondary N) is 1. The zero-order valence-electron chi connectivity index (χ0n) is 10.7. The summed E-state index contributed by atoms with van der Waals surface area (Å²) in [6, 6.07) is 0.310. The van der Waals surface area contributed by atoms with Crippen molar-refractivity contribution in [3.63, 3.8) is 0 Å². The number of unbranched alkanes of at least 4 members (excludes halogenated alkanes) is 1. The van der Waals surface area contributed by atoms with Crippen LogP contribution in [0, 0.1) is 11.8 Å². The summed E-state index contributed by atoms with van der Waals surface area (Å²) >= 11 is 0. The number of amides is 1. The fourth-order valence-corrected chi connectivity index (χ4v) is 2.48. The fraction of sp³-hybridized carbons (Fsp3) is 0.923. The summed E-state index contributed by atoms with van der Waals surface area (Å²) in [5, 5.41) is 3.02. The van der Waals surface area contributed by atoms with Gasteiger partial charge in [0.05, 0.1) is 0 Å². The van der Waals surface area contributed by atoms with E-state index in [-0.39, 0.29) is 11.8 Å². The Morgan fingerprint density at radius 3 is 2.88 bits per heavy atom. The molecule has 0 radical (unpaired) electrons. The predicted octanol–water partition coefficient (Wildman–Crippen LogP) is 2.06. The maximum absolute atomic E-state index is 11.9. The first-order chi connectivity index (χ1) is 7.65. The van der Waals surface area contributed by atoms with Crippen molar-refractivity contribution in [2.45, 2.75) is 58.4 Å². The average molecular weight is 226 g/mol. The first-order valence-corrected chi connectivity index (χ1v) is 6.68.